The molecule has 1 fully saturated rings. The third-order valence-corrected chi connectivity index (χ3v) is 5.28. The highest BCUT2D eigenvalue weighted by molar-refractivity contribution is 8.01. The predicted octanol–water partition coefficient (Wildman–Crippen LogP) is 3.30. The van der Waals surface area contributed by atoms with Crippen LogP contribution < -0.4 is 0 Å². The molecule has 0 aliphatic carbocycles. The Balaban J connectivity index is 2.78. The number of halogens is 1. The number of β-lactam (4-membered cyclic amide) rings is 1. The zero-order valence-corrected chi connectivity index (χ0v) is 14.2. The van der Waals surface area contributed by atoms with E-state index < -0.39 is 11.5 Å². The number of thioether (sulfide) groups is 1. The van der Waals surface area contributed by atoms with Crippen molar-refractivity contribution in [3.05, 3.63) is 0 Å². The standard InChI is InChI=1S/C14H24ClNO2S/c1-9(12(18)14(5,6)8-15)16-10(17)7-11(16)19-13(2,3)4/h9,11H,7-8H2,1-6H3. The van der Waals surface area contributed by atoms with Gasteiger partial charge in [0.15, 0.2) is 5.78 Å². The lowest BCUT2D eigenvalue weighted by Crippen LogP contribution is -2.60. The second-order valence-corrected chi connectivity index (χ2v) is 9.02. The molecule has 0 aromatic carbocycles. The van der Waals surface area contributed by atoms with Crippen LogP contribution in [0.1, 0.15) is 48.0 Å². The smallest absolute Gasteiger partial charge is 0.227 e. The molecule has 1 heterocycles. The van der Waals surface area contributed by atoms with Gasteiger partial charge >= 0.3 is 0 Å². The average Bonchev–Trinajstić information content (AvgIpc) is 2.25. The highest BCUT2D eigenvalue weighted by Crippen LogP contribution is 2.40. The Labute approximate surface area is 125 Å². The first-order chi connectivity index (χ1) is 8.49. The van der Waals surface area contributed by atoms with Crippen LogP contribution in [0.2, 0.25) is 0 Å². The quantitative estimate of drug-likeness (QED) is 0.578. The normalized spacial score (nSPS) is 22.2. The minimum atomic E-state index is -0.589. The summed E-state index contributed by atoms with van der Waals surface area (Å²) in [5.74, 6) is 0.373. The summed E-state index contributed by atoms with van der Waals surface area (Å²) < 4.78 is 0.0778. The van der Waals surface area contributed by atoms with Crippen LogP contribution in [-0.4, -0.2) is 38.6 Å². The van der Waals surface area contributed by atoms with Crippen LogP contribution in [0.3, 0.4) is 0 Å². The molecular weight excluding hydrogens is 282 g/mol. The van der Waals surface area contributed by atoms with E-state index in [2.05, 4.69) is 20.8 Å². The Morgan fingerprint density at radius 1 is 1.42 bits per heavy atom. The molecule has 110 valence electrons. The molecule has 5 heteroatoms. The first kappa shape index (κ1) is 16.8. The number of Topliss-reactive ketones (excluding diaryl/α,β-unsaturated/α-hetero) is 1. The number of likely N-dealkylation sites (tertiary alicyclic amines) is 1. The number of carbonyl (C=O) groups excluding carboxylic acids is 2. The van der Waals surface area contributed by atoms with E-state index >= 15 is 0 Å². The summed E-state index contributed by atoms with van der Waals surface area (Å²) >= 11 is 7.59. The Bertz CT molecular complexity index is 376. The fourth-order valence-corrected chi connectivity index (χ4v) is 3.72. The molecule has 1 rings (SSSR count). The van der Waals surface area contributed by atoms with Crippen molar-refractivity contribution in [1.82, 2.24) is 4.90 Å². The third-order valence-electron chi connectivity index (χ3n) is 3.23. The number of carbonyl (C=O) groups is 2. The maximum Gasteiger partial charge on any atom is 0.227 e. The minimum absolute atomic E-state index is 0.0371. The van der Waals surface area contributed by atoms with Crippen molar-refractivity contribution < 1.29 is 9.59 Å². The molecule has 1 saturated heterocycles. The molecule has 0 radical (unpaired) electrons. The number of rotatable bonds is 5. The molecule has 19 heavy (non-hydrogen) atoms. The van der Waals surface area contributed by atoms with Gasteiger partial charge in [-0.15, -0.1) is 23.4 Å². The first-order valence-corrected chi connectivity index (χ1v) is 8.00. The van der Waals surface area contributed by atoms with Gasteiger partial charge in [0.2, 0.25) is 5.91 Å². The minimum Gasteiger partial charge on any atom is -0.320 e. The topological polar surface area (TPSA) is 37.4 Å². The van der Waals surface area contributed by atoms with Crippen molar-refractivity contribution in [2.24, 2.45) is 5.41 Å². The van der Waals surface area contributed by atoms with Crippen molar-refractivity contribution in [3.8, 4) is 0 Å². The summed E-state index contributed by atoms with van der Waals surface area (Å²) in [5, 5.41) is 0.109. The molecule has 0 aromatic rings. The van der Waals surface area contributed by atoms with Gasteiger partial charge < -0.3 is 4.90 Å². The van der Waals surface area contributed by atoms with E-state index in [9.17, 15) is 9.59 Å². The van der Waals surface area contributed by atoms with E-state index in [4.69, 9.17) is 11.6 Å². The van der Waals surface area contributed by atoms with Crippen molar-refractivity contribution in [1.29, 1.82) is 0 Å². The summed E-state index contributed by atoms with van der Waals surface area (Å²) in [5.41, 5.74) is -0.589. The molecule has 0 saturated carbocycles. The van der Waals surface area contributed by atoms with Gasteiger partial charge in [0.1, 0.15) is 0 Å². The maximum atomic E-state index is 12.4. The average molecular weight is 306 g/mol. The van der Waals surface area contributed by atoms with Crippen LogP contribution in [0.15, 0.2) is 0 Å². The predicted molar refractivity (Wildman–Crippen MR) is 81.6 cm³/mol. The van der Waals surface area contributed by atoms with E-state index in [1.54, 1.807) is 16.7 Å². The number of hydrogen-bond acceptors (Lipinski definition) is 3. The lowest BCUT2D eigenvalue weighted by atomic mass is 9.85. The number of amides is 1. The number of nitrogens with zero attached hydrogens (tertiary/aromatic N) is 1. The van der Waals surface area contributed by atoms with Gasteiger partial charge in [-0.2, -0.15) is 0 Å². The Kier molecular flexibility index (Phi) is 5.00. The van der Waals surface area contributed by atoms with Gasteiger partial charge in [0.25, 0.3) is 0 Å². The van der Waals surface area contributed by atoms with Crippen LogP contribution in [0.4, 0.5) is 0 Å². The summed E-state index contributed by atoms with van der Waals surface area (Å²) in [6, 6.07) is -0.394. The van der Waals surface area contributed by atoms with E-state index in [1.165, 1.54) is 0 Å². The van der Waals surface area contributed by atoms with E-state index in [1.807, 2.05) is 20.8 Å². The molecule has 1 amide bonds. The zero-order valence-electron chi connectivity index (χ0n) is 12.6. The Hall–Kier alpha value is -0.220. The van der Waals surface area contributed by atoms with Gasteiger partial charge in [-0.05, 0) is 6.92 Å². The fraction of sp³-hybridized carbons (Fsp3) is 0.857. The molecule has 1 aliphatic rings. The molecule has 0 N–H and O–H groups in total. The van der Waals surface area contributed by atoms with Crippen LogP contribution in [0.25, 0.3) is 0 Å². The molecule has 2 atom stereocenters. The van der Waals surface area contributed by atoms with E-state index in [0.29, 0.717) is 6.42 Å². The number of alkyl halides is 1. The van der Waals surface area contributed by atoms with E-state index in [0.717, 1.165) is 0 Å². The van der Waals surface area contributed by atoms with Crippen molar-refractivity contribution in [2.75, 3.05) is 5.88 Å². The summed E-state index contributed by atoms with van der Waals surface area (Å²) in [6.07, 6.45) is 0.529. The van der Waals surface area contributed by atoms with Gasteiger partial charge in [0.05, 0.1) is 17.8 Å². The summed E-state index contributed by atoms with van der Waals surface area (Å²) in [6.45, 7) is 11.8. The highest BCUT2D eigenvalue weighted by atomic mass is 35.5. The first-order valence-electron chi connectivity index (χ1n) is 6.59. The molecule has 3 nitrogen and oxygen atoms in total. The second kappa shape index (κ2) is 5.65. The van der Waals surface area contributed by atoms with Gasteiger partial charge in [-0.1, -0.05) is 34.6 Å². The number of ketones is 1. The zero-order chi connectivity index (χ0) is 15.0. The highest BCUT2D eigenvalue weighted by Gasteiger charge is 2.46. The maximum absolute atomic E-state index is 12.4. The Morgan fingerprint density at radius 2 is 1.95 bits per heavy atom. The van der Waals surface area contributed by atoms with Crippen LogP contribution >= 0.6 is 23.4 Å². The van der Waals surface area contributed by atoms with Crippen LogP contribution in [0.5, 0.6) is 0 Å². The summed E-state index contributed by atoms with van der Waals surface area (Å²) in [4.78, 5) is 25.9. The van der Waals surface area contributed by atoms with Crippen LogP contribution in [0, 0.1) is 5.41 Å². The molecule has 0 spiro atoms. The van der Waals surface area contributed by atoms with Crippen molar-refractivity contribution in [3.63, 3.8) is 0 Å². The molecular formula is C14H24ClNO2S. The largest absolute Gasteiger partial charge is 0.320 e. The molecule has 1 aliphatic heterocycles. The van der Waals surface area contributed by atoms with Crippen molar-refractivity contribution >= 4 is 35.1 Å². The Morgan fingerprint density at radius 3 is 2.32 bits per heavy atom. The van der Waals surface area contributed by atoms with Gasteiger partial charge in [-0.3, -0.25) is 9.59 Å². The number of hydrogen-bond donors (Lipinski definition) is 0. The van der Waals surface area contributed by atoms with Gasteiger partial charge in [-0.25, -0.2) is 0 Å². The molecule has 0 bridgehead atoms. The van der Waals surface area contributed by atoms with E-state index in [-0.39, 0.29) is 27.7 Å². The SMILES string of the molecule is CC(C(=O)C(C)(C)CCl)N1C(=O)CC1SC(C)(C)C. The van der Waals surface area contributed by atoms with Crippen molar-refractivity contribution in [2.45, 2.75) is 64.1 Å². The third kappa shape index (κ3) is 3.88. The monoisotopic (exact) mass is 305 g/mol. The lowest BCUT2D eigenvalue weighted by molar-refractivity contribution is -0.151. The fourth-order valence-electron chi connectivity index (χ4n) is 2.13. The molecule has 2 unspecified atom stereocenters. The second-order valence-electron chi connectivity index (χ2n) is 6.75. The molecule has 0 aromatic heterocycles. The summed E-state index contributed by atoms with van der Waals surface area (Å²) in [7, 11) is 0. The van der Waals surface area contributed by atoms with Gasteiger partial charge in [0, 0.05) is 16.0 Å². The van der Waals surface area contributed by atoms with Crippen LogP contribution in [-0.2, 0) is 9.59 Å². The lowest BCUT2D eigenvalue weighted by Gasteiger charge is -2.46.